The molecule has 0 aliphatic carbocycles. The lowest BCUT2D eigenvalue weighted by atomic mass is 9.95. The summed E-state index contributed by atoms with van der Waals surface area (Å²) >= 11 is 1.76. The largest absolute Gasteiger partial charge is 0.493 e. The lowest BCUT2D eigenvalue weighted by molar-refractivity contribution is 0.0746. The number of methoxy groups -OCH3 is 2. The SMILES string of the molecule is COc1ccc(C(=O)N2CCN(c3ncnc4cc(C(C)(C)C)sc34)CC2)cc1OC. The second kappa shape index (κ2) is 8.34. The Balaban J connectivity index is 1.50. The van der Waals surface area contributed by atoms with Gasteiger partial charge in [0, 0.05) is 36.6 Å². The van der Waals surface area contributed by atoms with Crippen LogP contribution >= 0.6 is 11.3 Å². The van der Waals surface area contributed by atoms with Gasteiger partial charge in [0.15, 0.2) is 11.5 Å². The maximum Gasteiger partial charge on any atom is 0.254 e. The summed E-state index contributed by atoms with van der Waals surface area (Å²) in [5.74, 6) is 2.13. The lowest BCUT2D eigenvalue weighted by Crippen LogP contribution is -2.49. The van der Waals surface area contributed by atoms with Gasteiger partial charge in [-0.2, -0.15) is 0 Å². The number of nitrogens with zero attached hydrogens (tertiary/aromatic N) is 4. The molecular formula is C23H28N4O3S. The van der Waals surface area contributed by atoms with Gasteiger partial charge in [-0.15, -0.1) is 11.3 Å². The number of thiophene rings is 1. The van der Waals surface area contributed by atoms with Crippen molar-refractivity contribution >= 4 is 33.3 Å². The topological polar surface area (TPSA) is 67.8 Å². The number of amides is 1. The molecule has 0 bridgehead atoms. The Kier molecular flexibility index (Phi) is 5.75. The summed E-state index contributed by atoms with van der Waals surface area (Å²) in [6.07, 6.45) is 1.64. The number of piperazine rings is 1. The van der Waals surface area contributed by atoms with Crippen molar-refractivity contribution < 1.29 is 14.3 Å². The van der Waals surface area contributed by atoms with Crippen LogP contribution in [0.4, 0.5) is 5.82 Å². The summed E-state index contributed by atoms with van der Waals surface area (Å²) < 4.78 is 11.7. The molecule has 3 aromatic rings. The molecule has 164 valence electrons. The highest BCUT2D eigenvalue weighted by Gasteiger charge is 2.26. The number of benzene rings is 1. The molecule has 1 aromatic carbocycles. The van der Waals surface area contributed by atoms with E-state index in [0.29, 0.717) is 30.2 Å². The number of anilines is 1. The van der Waals surface area contributed by atoms with Crippen molar-refractivity contribution in [3.8, 4) is 11.5 Å². The van der Waals surface area contributed by atoms with Crippen molar-refractivity contribution in [3.63, 3.8) is 0 Å². The molecule has 1 fully saturated rings. The van der Waals surface area contributed by atoms with Crippen molar-refractivity contribution in [2.45, 2.75) is 26.2 Å². The van der Waals surface area contributed by atoms with E-state index in [1.807, 2.05) is 4.90 Å². The maximum absolute atomic E-state index is 13.0. The van der Waals surface area contributed by atoms with Crippen LogP contribution in [-0.2, 0) is 5.41 Å². The van der Waals surface area contributed by atoms with Gasteiger partial charge in [-0.1, -0.05) is 20.8 Å². The van der Waals surface area contributed by atoms with Crippen LogP contribution < -0.4 is 14.4 Å². The zero-order chi connectivity index (χ0) is 22.2. The van der Waals surface area contributed by atoms with Crippen molar-refractivity contribution in [1.82, 2.24) is 14.9 Å². The first-order valence-corrected chi connectivity index (χ1v) is 11.1. The highest BCUT2D eigenvalue weighted by molar-refractivity contribution is 7.19. The van der Waals surface area contributed by atoms with Crippen molar-refractivity contribution in [2.75, 3.05) is 45.3 Å². The zero-order valence-corrected chi connectivity index (χ0v) is 19.5. The molecule has 1 aliphatic heterocycles. The fraction of sp³-hybridized carbons (Fsp3) is 0.435. The molecule has 7 nitrogen and oxygen atoms in total. The quantitative estimate of drug-likeness (QED) is 0.612. The molecule has 0 spiro atoms. The first-order valence-electron chi connectivity index (χ1n) is 10.3. The van der Waals surface area contributed by atoms with Gasteiger partial charge in [-0.05, 0) is 29.7 Å². The molecule has 1 saturated heterocycles. The molecule has 0 unspecified atom stereocenters. The molecule has 0 atom stereocenters. The van der Waals surface area contributed by atoms with Crippen molar-refractivity contribution in [3.05, 3.63) is 41.0 Å². The van der Waals surface area contributed by atoms with Crippen LogP contribution in [0.2, 0.25) is 0 Å². The highest BCUT2D eigenvalue weighted by Crippen LogP contribution is 2.37. The Morgan fingerprint density at radius 3 is 2.35 bits per heavy atom. The molecule has 0 radical (unpaired) electrons. The van der Waals surface area contributed by atoms with E-state index in [4.69, 9.17) is 9.47 Å². The number of rotatable bonds is 4. The normalized spacial score (nSPS) is 14.7. The Hall–Kier alpha value is -2.87. The van der Waals surface area contributed by atoms with E-state index in [2.05, 4.69) is 41.7 Å². The van der Waals surface area contributed by atoms with Crippen LogP contribution in [-0.4, -0.2) is 61.2 Å². The summed E-state index contributed by atoms with van der Waals surface area (Å²) in [7, 11) is 3.16. The van der Waals surface area contributed by atoms with Crippen LogP contribution in [0, 0.1) is 0 Å². The Bertz CT molecular complexity index is 1100. The third-order valence-corrected chi connectivity index (χ3v) is 7.07. The zero-order valence-electron chi connectivity index (χ0n) is 18.6. The second-order valence-electron chi connectivity index (χ2n) is 8.62. The number of aromatic nitrogens is 2. The summed E-state index contributed by atoms with van der Waals surface area (Å²) in [5, 5.41) is 0. The minimum Gasteiger partial charge on any atom is -0.493 e. The molecule has 4 rings (SSSR count). The fourth-order valence-corrected chi connectivity index (χ4v) is 4.90. The van der Waals surface area contributed by atoms with Gasteiger partial charge >= 0.3 is 0 Å². The fourth-order valence-electron chi connectivity index (χ4n) is 3.71. The van der Waals surface area contributed by atoms with E-state index in [9.17, 15) is 4.79 Å². The maximum atomic E-state index is 13.0. The average Bonchev–Trinajstić information content (AvgIpc) is 3.23. The van der Waals surface area contributed by atoms with Gasteiger partial charge in [0.1, 0.15) is 12.1 Å². The van der Waals surface area contributed by atoms with E-state index >= 15 is 0 Å². The van der Waals surface area contributed by atoms with Crippen molar-refractivity contribution in [1.29, 1.82) is 0 Å². The minimum atomic E-state index is -0.000389. The summed E-state index contributed by atoms with van der Waals surface area (Å²) in [6, 6.07) is 7.45. The smallest absolute Gasteiger partial charge is 0.254 e. The monoisotopic (exact) mass is 440 g/mol. The van der Waals surface area contributed by atoms with Crippen LogP contribution in [0.15, 0.2) is 30.6 Å². The molecule has 0 N–H and O–H groups in total. The molecule has 3 heterocycles. The summed E-state index contributed by atoms with van der Waals surface area (Å²) in [6.45, 7) is 9.37. The van der Waals surface area contributed by atoms with E-state index < -0.39 is 0 Å². The summed E-state index contributed by atoms with van der Waals surface area (Å²) in [4.78, 5) is 27.5. The lowest BCUT2D eigenvalue weighted by Gasteiger charge is -2.35. The van der Waals surface area contributed by atoms with Crippen LogP contribution in [0.1, 0.15) is 36.0 Å². The van der Waals surface area contributed by atoms with Gasteiger partial charge in [0.2, 0.25) is 0 Å². The molecule has 2 aromatic heterocycles. The van der Waals surface area contributed by atoms with E-state index in [-0.39, 0.29) is 11.3 Å². The second-order valence-corrected chi connectivity index (χ2v) is 9.67. The molecule has 31 heavy (non-hydrogen) atoms. The molecule has 0 saturated carbocycles. The number of fused-ring (bicyclic) bond motifs is 1. The number of hydrogen-bond acceptors (Lipinski definition) is 7. The van der Waals surface area contributed by atoms with Gasteiger partial charge in [-0.3, -0.25) is 4.79 Å². The van der Waals surface area contributed by atoms with Gasteiger partial charge < -0.3 is 19.3 Å². The van der Waals surface area contributed by atoms with E-state index in [1.54, 1.807) is 50.1 Å². The van der Waals surface area contributed by atoms with E-state index in [1.165, 1.54) is 4.88 Å². The third-order valence-electron chi connectivity index (χ3n) is 5.53. The molecular weight excluding hydrogens is 412 g/mol. The number of hydrogen-bond donors (Lipinski definition) is 0. The van der Waals surface area contributed by atoms with Crippen LogP contribution in [0.25, 0.3) is 10.2 Å². The Morgan fingerprint density at radius 2 is 1.71 bits per heavy atom. The molecule has 1 aliphatic rings. The van der Waals surface area contributed by atoms with Crippen LogP contribution in [0.3, 0.4) is 0 Å². The highest BCUT2D eigenvalue weighted by atomic mass is 32.1. The van der Waals surface area contributed by atoms with Gasteiger partial charge in [-0.25, -0.2) is 9.97 Å². The average molecular weight is 441 g/mol. The number of carbonyl (C=O) groups is 1. The first-order chi connectivity index (χ1) is 14.8. The third kappa shape index (κ3) is 4.17. The standard InChI is InChI=1S/C23H28N4O3S/c1-23(2,3)19-13-16-20(31-19)21(25-14-24-16)26-8-10-27(11-9-26)22(28)15-6-7-17(29-4)18(12-15)30-5/h6-7,12-14H,8-11H2,1-5H3. The predicted molar refractivity (Wildman–Crippen MR) is 124 cm³/mol. The van der Waals surface area contributed by atoms with Crippen LogP contribution in [0.5, 0.6) is 11.5 Å². The van der Waals surface area contributed by atoms with E-state index in [0.717, 1.165) is 29.1 Å². The predicted octanol–water partition coefficient (Wildman–Crippen LogP) is 3.97. The minimum absolute atomic E-state index is 0.000389. The molecule has 1 amide bonds. The number of ether oxygens (including phenoxy) is 2. The summed E-state index contributed by atoms with van der Waals surface area (Å²) in [5.41, 5.74) is 1.67. The number of carbonyl (C=O) groups excluding carboxylic acids is 1. The first kappa shape index (κ1) is 21.4. The van der Waals surface area contributed by atoms with Crippen molar-refractivity contribution in [2.24, 2.45) is 0 Å². The van der Waals surface area contributed by atoms with Gasteiger partial charge in [0.05, 0.1) is 24.4 Å². The molecule has 8 heteroatoms. The van der Waals surface area contributed by atoms with Gasteiger partial charge in [0.25, 0.3) is 5.91 Å². The Morgan fingerprint density at radius 1 is 1.00 bits per heavy atom. The Labute approximate surface area is 186 Å².